The molecule has 2 aromatic rings. The molecule has 0 aliphatic rings. The maximum atomic E-state index is 13.6. The van der Waals surface area contributed by atoms with Crippen LogP contribution in [0.15, 0.2) is 30.3 Å². The normalized spacial score (nSPS) is 14.4. The largest absolute Gasteiger partial charge is 0.598 e. The van der Waals surface area contributed by atoms with Crippen molar-refractivity contribution in [3.63, 3.8) is 0 Å². The minimum absolute atomic E-state index is 0.235. The molecule has 2 atom stereocenters. The molecule has 7 heteroatoms. The first-order valence-corrected chi connectivity index (χ1v) is 8.94. The second-order valence-corrected chi connectivity index (χ2v) is 8.54. The molecule has 0 bridgehead atoms. The predicted molar refractivity (Wildman–Crippen MR) is 95.9 cm³/mol. The summed E-state index contributed by atoms with van der Waals surface area (Å²) in [5.74, 6) is -0.0803. The molecule has 0 saturated heterocycles. The van der Waals surface area contributed by atoms with Crippen molar-refractivity contribution in [2.45, 2.75) is 44.9 Å². The molecule has 0 amide bonds. The van der Waals surface area contributed by atoms with Gasteiger partial charge in [-0.05, 0) is 45.4 Å². The number of nitrogens with one attached hydrogen (secondary N) is 1. The predicted octanol–water partition coefficient (Wildman–Crippen LogP) is 3.37. The summed E-state index contributed by atoms with van der Waals surface area (Å²) in [4.78, 5) is 0. The van der Waals surface area contributed by atoms with Gasteiger partial charge in [0.15, 0.2) is 0 Å². The number of nitrogen functional groups attached to an aromatic ring is 1. The number of rotatable bonds is 5. The van der Waals surface area contributed by atoms with Gasteiger partial charge in [-0.1, -0.05) is 19.1 Å². The van der Waals surface area contributed by atoms with Crippen LogP contribution in [0.4, 0.5) is 10.2 Å². The lowest BCUT2D eigenvalue weighted by Gasteiger charge is -2.28. The van der Waals surface area contributed by atoms with Crippen LogP contribution in [0.3, 0.4) is 0 Å². The zero-order chi connectivity index (χ0) is 17.9. The van der Waals surface area contributed by atoms with E-state index in [2.05, 4.69) is 14.9 Å². The molecule has 2 rings (SSSR count). The summed E-state index contributed by atoms with van der Waals surface area (Å²) < 4.78 is 28.8. The molecule has 5 nitrogen and oxygen atoms in total. The van der Waals surface area contributed by atoms with E-state index in [0.29, 0.717) is 17.7 Å². The first-order chi connectivity index (χ1) is 11.2. The molecule has 1 aromatic heterocycles. The van der Waals surface area contributed by atoms with Crippen LogP contribution in [-0.4, -0.2) is 19.5 Å². The number of anilines is 1. The molecule has 0 saturated carbocycles. The van der Waals surface area contributed by atoms with E-state index >= 15 is 0 Å². The highest BCUT2D eigenvalue weighted by atomic mass is 32.2. The third-order valence-electron chi connectivity index (χ3n) is 3.53. The van der Waals surface area contributed by atoms with Crippen molar-refractivity contribution in [2.75, 3.05) is 5.73 Å². The monoisotopic (exact) mass is 350 g/mol. The molecule has 1 heterocycles. The molecule has 24 heavy (non-hydrogen) atoms. The fourth-order valence-electron chi connectivity index (χ4n) is 2.22. The van der Waals surface area contributed by atoms with Gasteiger partial charge >= 0.3 is 0 Å². The molecular formula is C17H23FN4OS. The van der Waals surface area contributed by atoms with Gasteiger partial charge in [0.25, 0.3) is 0 Å². The van der Waals surface area contributed by atoms with E-state index in [-0.39, 0.29) is 17.7 Å². The molecule has 0 aliphatic carbocycles. The zero-order valence-electron chi connectivity index (χ0n) is 14.3. The summed E-state index contributed by atoms with van der Waals surface area (Å²) >= 11 is -1.26. The Bertz CT molecular complexity index is 705. The lowest BCUT2D eigenvalue weighted by molar-refractivity contribution is 0.518. The zero-order valence-corrected chi connectivity index (χ0v) is 15.2. The van der Waals surface area contributed by atoms with Crippen molar-refractivity contribution in [1.29, 1.82) is 0 Å². The van der Waals surface area contributed by atoms with E-state index in [1.165, 1.54) is 12.1 Å². The van der Waals surface area contributed by atoms with Crippen LogP contribution >= 0.6 is 0 Å². The second-order valence-electron chi connectivity index (χ2n) is 6.54. The highest BCUT2D eigenvalue weighted by Crippen LogP contribution is 2.30. The maximum Gasteiger partial charge on any atom is 0.146 e. The van der Waals surface area contributed by atoms with E-state index in [1.807, 2.05) is 27.7 Å². The second kappa shape index (κ2) is 7.46. The topological polar surface area (TPSA) is 86.9 Å². The third-order valence-corrected chi connectivity index (χ3v) is 5.14. The number of aromatic nitrogens is 2. The fourth-order valence-corrected chi connectivity index (χ4v) is 3.13. The Kier molecular flexibility index (Phi) is 5.79. The van der Waals surface area contributed by atoms with E-state index in [9.17, 15) is 8.94 Å². The van der Waals surface area contributed by atoms with Crippen LogP contribution in [0, 0.1) is 5.82 Å². The van der Waals surface area contributed by atoms with Crippen LogP contribution in [0.1, 0.15) is 45.7 Å². The van der Waals surface area contributed by atoms with Crippen LogP contribution in [-0.2, 0) is 11.4 Å². The quantitative estimate of drug-likeness (QED) is 0.807. The summed E-state index contributed by atoms with van der Waals surface area (Å²) in [7, 11) is 0. The Labute approximate surface area is 145 Å². The minimum atomic E-state index is -1.26. The third kappa shape index (κ3) is 4.43. The summed E-state index contributed by atoms with van der Waals surface area (Å²) in [5, 5.41) is 8.04. The maximum absolute atomic E-state index is 13.6. The Morgan fingerprint density at radius 1 is 1.29 bits per heavy atom. The van der Waals surface area contributed by atoms with Crippen molar-refractivity contribution >= 4 is 17.2 Å². The Hall–Kier alpha value is -1.70. The number of benzene rings is 1. The molecule has 0 spiro atoms. The number of hydrogen-bond acceptors (Lipinski definition) is 5. The van der Waals surface area contributed by atoms with Crippen molar-refractivity contribution in [3.05, 3.63) is 41.7 Å². The van der Waals surface area contributed by atoms with Crippen molar-refractivity contribution < 1.29 is 8.94 Å². The van der Waals surface area contributed by atoms with E-state index in [0.717, 1.165) is 5.56 Å². The summed E-state index contributed by atoms with van der Waals surface area (Å²) in [5.41, 5.74) is 7.70. The van der Waals surface area contributed by atoms with Gasteiger partial charge in [-0.2, -0.15) is 0 Å². The van der Waals surface area contributed by atoms with Gasteiger partial charge in [-0.3, -0.25) is 0 Å². The summed E-state index contributed by atoms with van der Waals surface area (Å²) in [6.07, 6.45) is 0.676. The molecule has 1 aromatic carbocycles. The van der Waals surface area contributed by atoms with E-state index in [1.54, 1.807) is 18.2 Å². The van der Waals surface area contributed by atoms with E-state index in [4.69, 9.17) is 5.73 Å². The highest BCUT2D eigenvalue weighted by molar-refractivity contribution is 7.90. The Morgan fingerprint density at radius 2 is 2.00 bits per heavy atom. The van der Waals surface area contributed by atoms with Gasteiger partial charge in [0, 0.05) is 22.5 Å². The lowest BCUT2D eigenvalue weighted by Crippen LogP contribution is -2.41. The summed E-state index contributed by atoms with van der Waals surface area (Å²) in [6.45, 7) is 7.67. The van der Waals surface area contributed by atoms with Crippen LogP contribution < -0.4 is 10.5 Å². The number of nitrogens with zero attached hydrogens (tertiary/aromatic N) is 2. The van der Waals surface area contributed by atoms with Crippen LogP contribution in [0.2, 0.25) is 0 Å². The summed E-state index contributed by atoms with van der Waals surface area (Å²) in [6, 6.07) is 7.62. The SMILES string of the molecule is CC[C@@H](N[S+]([O-])C(C)(C)C)c1cc(N)nnc1-c1cccc(F)c1. The Balaban J connectivity index is 2.45. The molecule has 0 fully saturated rings. The molecule has 3 N–H and O–H groups in total. The number of nitrogens with two attached hydrogens (primary N) is 1. The van der Waals surface area contributed by atoms with Gasteiger partial charge in [0.2, 0.25) is 0 Å². The van der Waals surface area contributed by atoms with Crippen LogP contribution in [0.25, 0.3) is 11.3 Å². The van der Waals surface area contributed by atoms with Crippen molar-refractivity contribution in [3.8, 4) is 11.3 Å². The Morgan fingerprint density at radius 3 is 2.58 bits per heavy atom. The van der Waals surface area contributed by atoms with E-state index < -0.39 is 16.1 Å². The van der Waals surface area contributed by atoms with Gasteiger partial charge in [0.05, 0.1) is 11.7 Å². The molecular weight excluding hydrogens is 327 g/mol. The fraction of sp³-hybridized carbons (Fsp3) is 0.412. The van der Waals surface area contributed by atoms with Crippen molar-refractivity contribution in [1.82, 2.24) is 14.9 Å². The average molecular weight is 350 g/mol. The first-order valence-electron chi connectivity index (χ1n) is 7.79. The smallest absolute Gasteiger partial charge is 0.146 e. The van der Waals surface area contributed by atoms with Gasteiger partial charge in [-0.15, -0.1) is 14.9 Å². The number of hydrogen-bond donors (Lipinski definition) is 2. The standard InChI is InChI=1S/C17H23FN4OS/c1-5-14(22-24(23)17(2,3)4)13-10-15(19)20-21-16(13)11-7-6-8-12(18)9-11/h6-10,14,22H,5H2,1-4H3,(H2,19,20)/t14-,24?/m1/s1. The molecule has 130 valence electrons. The van der Waals surface area contributed by atoms with Crippen molar-refractivity contribution in [2.24, 2.45) is 0 Å². The highest BCUT2D eigenvalue weighted by Gasteiger charge is 2.30. The van der Waals surface area contributed by atoms with Crippen LogP contribution in [0.5, 0.6) is 0 Å². The van der Waals surface area contributed by atoms with Gasteiger partial charge in [-0.25, -0.2) is 4.39 Å². The molecule has 0 radical (unpaired) electrons. The average Bonchev–Trinajstić information content (AvgIpc) is 2.51. The molecule has 0 aliphatic heterocycles. The first kappa shape index (κ1) is 18.6. The lowest BCUT2D eigenvalue weighted by atomic mass is 9.99. The number of halogens is 1. The van der Waals surface area contributed by atoms with Gasteiger partial charge < -0.3 is 10.3 Å². The minimum Gasteiger partial charge on any atom is -0.598 e. The molecule has 1 unspecified atom stereocenters. The van der Waals surface area contributed by atoms with Gasteiger partial charge in [0.1, 0.15) is 16.4 Å².